The number of likely N-dealkylation sites (tertiary alicyclic amines) is 1. The molecule has 2 N–H and O–H groups in total. The fourth-order valence-corrected chi connectivity index (χ4v) is 4.14. The molecule has 0 spiro atoms. The SMILES string of the molecule is CCNC(=NCCCc1cc2c(OC)cc(OC)cc2[nH]1)N1CC(C)C(C(=O)OC)C1.I. The minimum Gasteiger partial charge on any atom is -0.497 e. The van der Waals surface area contributed by atoms with Crippen molar-refractivity contribution in [2.24, 2.45) is 16.8 Å². The van der Waals surface area contributed by atoms with Gasteiger partial charge in [-0.3, -0.25) is 9.79 Å². The molecule has 8 nitrogen and oxygen atoms in total. The van der Waals surface area contributed by atoms with Gasteiger partial charge in [-0.05, 0) is 31.7 Å². The van der Waals surface area contributed by atoms with Crippen LogP contribution in [0.1, 0.15) is 26.0 Å². The zero-order valence-corrected chi connectivity index (χ0v) is 21.9. The number of fused-ring (bicyclic) bond motifs is 1. The molecule has 2 aromatic rings. The molecule has 1 aromatic heterocycles. The van der Waals surface area contributed by atoms with Crippen molar-refractivity contribution in [2.45, 2.75) is 26.7 Å². The molecule has 1 saturated heterocycles. The average Bonchev–Trinajstić information content (AvgIpc) is 3.37. The molecular formula is C23H35IN4O4. The Kier molecular flexibility index (Phi) is 9.92. The van der Waals surface area contributed by atoms with Crippen LogP contribution in [-0.4, -0.2) is 69.3 Å². The number of aromatic amines is 1. The van der Waals surface area contributed by atoms with Gasteiger partial charge in [0.1, 0.15) is 11.5 Å². The number of esters is 1. The topological polar surface area (TPSA) is 88.2 Å². The zero-order chi connectivity index (χ0) is 22.4. The third kappa shape index (κ3) is 5.99. The smallest absolute Gasteiger partial charge is 0.310 e. The van der Waals surface area contributed by atoms with Crippen LogP contribution < -0.4 is 14.8 Å². The first-order valence-electron chi connectivity index (χ1n) is 10.8. The average molecular weight is 558 g/mol. The van der Waals surface area contributed by atoms with E-state index in [2.05, 4.69) is 35.1 Å². The van der Waals surface area contributed by atoms with Gasteiger partial charge in [-0.25, -0.2) is 0 Å². The molecule has 1 fully saturated rings. The van der Waals surface area contributed by atoms with Gasteiger partial charge in [-0.15, -0.1) is 24.0 Å². The second-order valence-electron chi connectivity index (χ2n) is 7.94. The first-order chi connectivity index (χ1) is 15.0. The molecule has 1 aliphatic rings. The summed E-state index contributed by atoms with van der Waals surface area (Å²) in [5.74, 6) is 2.43. The van der Waals surface area contributed by atoms with Gasteiger partial charge < -0.3 is 29.4 Å². The van der Waals surface area contributed by atoms with Crippen LogP contribution in [0.2, 0.25) is 0 Å². The third-order valence-electron chi connectivity index (χ3n) is 5.80. The number of methoxy groups -OCH3 is 3. The molecule has 0 radical (unpaired) electrons. The van der Waals surface area contributed by atoms with Crippen molar-refractivity contribution in [2.75, 3.05) is 47.5 Å². The standard InChI is InChI=1S/C23H34N4O4.HI/c1-6-24-23(27-13-15(2)19(14-27)22(28)31-5)25-9-7-8-16-10-18-20(26-16)11-17(29-3)12-21(18)30-4;/h10-12,15,19,26H,6-9,13-14H2,1-5H3,(H,24,25);1H. The fourth-order valence-electron chi connectivity index (χ4n) is 4.14. The number of nitrogens with zero attached hydrogens (tertiary/aromatic N) is 2. The number of benzene rings is 1. The number of aromatic nitrogens is 1. The van der Waals surface area contributed by atoms with Crippen LogP contribution in [0.25, 0.3) is 10.9 Å². The quantitative estimate of drug-likeness (QED) is 0.170. The van der Waals surface area contributed by atoms with Crippen molar-refractivity contribution in [1.29, 1.82) is 0 Å². The van der Waals surface area contributed by atoms with Gasteiger partial charge in [-0.2, -0.15) is 0 Å². The lowest BCUT2D eigenvalue weighted by Gasteiger charge is -2.21. The van der Waals surface area contributed by atoms with Gasteiger partial charge in [0.25, 0.3) is 0 Å². The highest BCUT2D eigenvalue weighted by molar-refractivity contribution is 14.0. The summed E-state index contributed by atoms with van der Waals surface area (Å²) in [6.45, 7) is 7.07. The summed E-state index contributed by atoms with van der Waals surface area (Å²) in [6, 6.07) is 6.01. The third-order valence-corrected chi connectivity index (χ3v) is 5.80. The summed E-state index contributed by atoms with van der Waals surface area (Å²) < 4.78 is 15.8. The molecule has 2 heterocycles. The predicted molar refractivity (Wildman–Crippen MR) is 137 cm³/mol. The summed E-state index contributed by atoms with van der Waals surface area (Å²) in [7, 11) is 4.77. The molecular weight excluding hydrogens is 523 g/mol. The number of aryl methyl sites for hydroxylation is 1. The Hall–Kier alpha value is -2.17. The lowest BCUT2D eigenvalue weighted by Crippen LogP contribution is -2.40. The molecule has 9 heteroatoms. The van der Waals surface area contributed by atoms with Crippen LogP contribution >= 0.6 is 24.0 Å². The molecule has 0 amide bonds. The number of guanidine groups is 1. The highest BCUT2D eigenvalue weighted by Crippen LogP contribution is 2.31. The van der Waals surface area contributed by atoms with E-state index in [0.717, 1.165) is 60.0 Å². The molecule has 32 heavy (non-hydrogen) atoms. The Morgan fingerprint density at radius 1 is 1.22 bits per heavy atom. The first-order valence-corrected chi connectivity index (χ1v) is 10.8. The fraction of sp³-hybridized carbons (Fsp3) is 0.565. The van der Waals surface area contributed by atoms with Gasteiger partial charge in [-0.1, -0.05) is 6.92 Å². The number of halogens is 1. The maximum atomic E-state index is 12.0. The summed E-state index contributed by atoms with van der Waals surface area (Å²) >= 11 is 0. The molecule has 1 aromatic carbocycles. The van der Waals surface area contributed by atoms with Crippen molar-refractivity contribution in [3.8, 4) is 11.5 Å². The molecule has 2 atom stereocenters. The van der Waals surface area contributed by atoms with Gasteiger partial charge >= 0.3 is 5.97 Å². The predicted octanol–water partition coefficient (Wildman–Crippen LogP) is 3.44. The van der Waals surface area contributed by atoms with E-state index < -0.39 is 0 Å². The normalized spacial score (nSPS) is 18.4. The largest absolute Gasteiger partial charge is 0.497 e. The van der Waals surface area contributed by atoms with Gasteiger partial charge in [0.05, 0.1) is 32.8 Å². The molecule has 0 bridgehead atoms. The van der Waals surface area contributed by atoms with Crippen molar-refractivity contribution >= 4 is 46.8 Å². The number of H-pyrrole nitrogens is 1. The van der Waals surface area contributed by atoms with E-state index in [1.165, 1.54) is 7.11 Å². The Labute approximate surface area is 207 Å². The van der Waals surface area contributed by atoms with E-state index in [1.807, 2.05) is 12.1 Å². The second kappa shape index (κ2) is 12.2. The highest BCUT2D eigenvalue weighted by atomic mass is 127. The Balaban J connectivity index is 0.00000363. The van der Waals surface area contributed by atoms with E-state index in [0.29, 0.717) is 13.1 Å². The summed E-state index contributed by atoms with van der Waals surface area (Å²) in [5, 5.41) is 4.41. The van der Waals surface area contributed by atoms with Gasteiger partial charge in [0, 0.05) is 49.4 Å². The number of aliphatic imine (C=N–C) groups is 1. The van der Waals surface area contributed by atoms with Crippen molar-refractivity contribution < 1.29 is 19.0 Å². The minimum atomic E-state index is -0.142. The lowest BCUT2D eigenvalue weighted by molar-refractivity contribution is -0.145. The van der Waals surface area contributed by atoms with E-state index in [9.17, 15) is 4.79 Å². The highest BCUT2D eigenvalue weighted by Gasteiger charge is 2.36. The minimum absolute atomic E-state index is 0. The summed E-state index contributed by atoms with van der Waals surface area (Å²) in [4.78, 5) is 22.4. The van der Waals surface area contributed by atoms with Crippen molar-refractivity contribution in [3.63, 3.8) is 0 Å². The van der Waals surface area contributed by atoms with E-state index in [4.69, 9.17) is 19.2 Å². The number of rotatable bonds is 8. The van der Waals surface area contributed by atoms with E-state index in [1.54, 1.807) is 14.2 Å². The van der Waals surface area contributed by atoms with Crippen LogP contribution in [0.3, 0.4) is 0 Å². The lowest BCUT2D eigenvalue weighted by atomic mass is 9.99. The number of hydrogen-bond donors (Lipinski definition) is 2. The molecule has 2 unspecified atom stereocenters. The molecule has 3 rings (SSSR count). The van der Waals surface area contributed by atoms with Crippen molar-refractivity contribution in [1.82, 2.24) is 15.2 Å². The van der Waals surface area contributed by atoms with Gasteiger partial charge in [0.2, 0.25) is 0 Å². The number of ether oxygens (including phenoxy) is 3. The summed E-state index contributed by atoms with van der Waals surface area (Å²) in [5.41, 5.74) is 2.14. The second-order valence-corrected chi connectivity index (χ2v) is 7.94. The maximum absolute atomic E-state index is 12.0. The number of carbonyl (C=O) groups excluding carboxylic acids is 1. The molecule has 178 valence electrons. The Morgan fingerprint density at radius 3 is 2.66 bits per heavy atom. The van der Waals surface area contributed by atoms with Crippen LogP contribution in [0.4, 0.5) is 0 Å². The van der Waals surface area contributed by atoms with Crippen molar-refractivity contribution in [3.05, 3.63) is 23.9 Å². The van der Waals surface area contributed by atoms with E-state index in [-0.39, 0.29) is 41.8 Å². The molecule has 1 aliphatic heterocycles. The number of carbonyl (C=O) groups is 1. The first kappa shape index (κ1) is 26.1. The van der Waals surface area contributed by atoms with Crippen LogP contribution in [0, 0.1) is 11.8 Å². The van der Waals surface area contributed by atoms with Gasteiger partial charge in [0.15, 0.2) is 5.96 Å². The number of hydrogen-bond acceptors (Lipinski definition) is 5. The van der Waals surface area contributed by atoms with Crippen LogP contribution in [0.15, 0.2) is 23.2 Å². The van der Waals surface area contributed by atoms with E-state index >= 15 is 0 Å². The Morgan fingerprint density at radius 2 is 2.00 bits per heavy atom. The Bertz CT molecular complexity index is 930. The zero-order valence-electron chi connectivity index (χ0n) is 19.6. The molecule has 0 saturated carbocycles. The van der Waals surface area contributed by atoms with Crippen LogP contribution in [-0.2, 0) is 16.0 Å². The summed E-state index contributed by atoms with van der Waals surface area (Å²) in [6.07, 6.45) is 1.79. The monoisotopic (exact) mass is 558 g/mol. The maximum Gasteiger partial charge on any atom is 0.310 e. The van der Waals surface area contributed by atoms with Crippen LogP contribution in [0.5, 0.6) is 11.5 Å². The number of nitrogens with one attached hydrogen (secondary N) is 2. The molecule has 0 aliphatic carbocycles.